The van der Waals surface area contributed by atoms with E-state index in [4.69, 9.17) is 5.73 Å². The quantitative estimate of drug-likeness (QED) is 0.252. The molecule has 4 heteroatoms. The molecule has 12 heavy (non-hydrogen) atoms. The highest BCUT2D eigenvalue weighted by Gasteiger charge is 1.89. The van der Waals surface area contributed by atoms with E-state index in [1.165, 1.54) is 19.5 Å². The van der Waals surface area contributed by atoms with Gasteiger partial charge in [-0.15, -0.1) is 0 Å². The van der Waals surface area contributed by atoms with Crippen LogP contribution in [0.2, 0.25) is 0 Å². The number of ether oxygens (including phenoxy) is 1. The Morgan fingerprint density at radius 2 is 2.25 bits per heavy atom. The molecular weight excluding hydrogens is 156 g/mol. The molecule has 0 amide bonds. The first kappa shape index (κ1) is 10.2. The summed E-state index contributed by atoms with van der Waals surface area (Å²) in [6.07, 6.45) is 2.72. The molecule has 0 saturated carbocycles. The van der Waals surface area contributed by atoms with E-state index in [-0.39, 0.29) is 0 Å². The van der Waals surface area contributed by atoms with E-state index in [0.717, 1.165) is 0 Å². The summed E-state index contributed by atoms with van der Waals surface area (Å²) in [6.45, 7) is 0. The van der Waals surface area contributed by atoms with Crippen molar-refractivity contribution in [1.29, 1.82) is 0 Å². The van der Waals surface area contributed by atoms with Gasteiger partial charge in [-0.1, -0.05) is 5.92 Å². The molecule has 0 aromatic heterocycles. The molecule has 2 N–H and O–H groups in total. The minimum atomic E-state index is -0.598. The zero-order valence-electron chi connectivity index (χ0n) is 7.00. The third-order valence-corrected chi connectivity index (χ3v) is 0.942. The van der Waals surface area contributed by atoms with E-state index >= 15 is 0 Å². The van der Waals surface area contributed by atoms with Gasteiger partial charge < -0.3 is 10.5 Å². The van der Waals surface area contributed by atoms with Crippen LogP contribution in [0.3, 0.4) is 0 Å². The van der Waals surface area contributed by atoms with Crippen molar-refractivity contribution in [2.24, 2.45) is 10.7 Å². The number of nitrogens with zero attached hydrogens (tertiary/aromatic N) is 1. The van der Waals surface area contributed by atoms with Gasteiger partial charge >= 0.3 is 5.97 Å². The highest BCUT2D eigenvalue weighted by atomic mass is 16.5. The van der Waals surface area contributed by atoms with Crippen LogP contribution in [-0.2, 0) is 9.53 Å². The predicted molar refractivity (Wildman–Crippen MR) is 46.5 cm³/mol. The van der Waals surface area contributed by atoms with Crippen LogP contribution in [-0.4, -0.2) is 26.3 Å². The van der Waals surface area contributed by atoms with Crippen molar-refractivity contribution in [2.45, 2.75) is 0 Å². The van der Waals surface area contributed by atoms with Crippen molar-refractivity contribution < 1.29 is 9.53 Å². The fourth-order valence-electron chi connectivity index (χ4n) is 0.430. The standard InChI is InChI=1S/C8H10N2O2/c1-10-6-7(5-9)3-4-8(11)12-2/h5-6H,9H2,1-2H3/b7-5-,10-6?. The summed E-state index contributed by atoms with van der Waals surface area (Å²) < 4.78 is 4.30. The van der Waals surface area contributed by atoms with Crippen molar-refractivity contribution in [1.82, 2.24) is 0 Å². The minimum Gasteiger partial charge on any atom is -0.459 e. The summed E-state index contributed by atoms with van der Waals surface area (Å²) in [5.74, 6) is 4.10. The molecule has 0 radical (unpaired) electrons. The molecule has 0 atom stereocenters. The largest absolute Gasteiger partial charge is 0.459 e. The van der Waals surface area contributed by atoms with E-state index in [2.05, 4.69) is 21.6 Å². The highest BCUT2D eigenvalue weighted by molar-refractivity contribution is 5.92. The van der Waals surface area contributed by atoms with Crippen LogP contribution in [0, 0.1) is 11.8 Å². The predicted octanol–water partition coefficient (Wildman–Crippen LogP) is -0.294. The zero-order chi connectivity index (χ0) is 9.40. The maximum atomic E-state index is 10.5. The summed E-state index contributed by atoms with van der Waals surface area (Å²) in [6, 6.07) is 0. The normalized spacial score (nSPS) is 10.7. The summed E-state index contributed by atoms with van der Waals surface area (Å²) in [4.78, 5) is 14.2. The summed E-state index contributed by atoms with van der Waals surface area (Å²) in [5, 5.41) is 0. The van der Waals surface area contributed by atoms with Gasteiger partial charge in [0.05, 0.1) is 12.7 Å². The van der Waals surface area contributed by atoms with Crippen LogP contribution in [0.5, 0.6) is 0 Å². The molecule has 0 aliphatic heterocycles. The highest BCUT2D eigenvalue weighted by Crippen LogP contribution is 1.83. The maximum Gasteiger partial charge on any atom is 0.384 e. The molecule has 0 unspecified atom stereocenters. The first-order valence-corrected chi connectivity index (χ1v) is 3.18. The van der Waals surface area contributed by atoms with Gasteiger partial charge in [0.2, 0.25) is 0 Å². The zero-order valence-corrected chi connectivity index (χ0v) is 7.00. The minimum absolute atomic E-state index is 0.475. The molecule has 0 aliphatic carbocycles. The Morgan fingerprint density at radius 3 is 2.67 bits per heavy atom. The number of aliphatic imine (C=N–C) groups is 1. The van der Waals surface area contributed by atoms with E-state index in [1.54, 1.807) is 7.05 Å². The van der Waals surface area contributed by atoms with Crippen molar-refractivity contribution in [3.63, 3.8) is 0 Å². The average Bonchev–Trinajstić information content (AvgIpc) is 2.11. The molecule has 0 heterocycles. The number of nitrogens with two attached hydrogens (primary N) is 1. The number of carbonyl (C=O) groups is 1. The van der Waals surface area contributed by atoms with Crippen LogP contribution < -0.4 is 5.73 Å². The molecule has 0 spiro atoms. The number of methoxy groups -OCH3 is 1. The average molecular weight is 166 g/mol. The molecule has 0 rings (SSSR count). The van der Waals surface area contributed by atoms with Crippen LogP contribution in [0.4, 0.5) is 0 Å². The third-order valence-electron chi connectivity index (χ3n) is 0.942. The van der Waals surface area contributed by atoms with E-state index in [0.29, 0.717) is 5.57 Å². The lowest BCUT2D eigenvalue weighted by molar-refractivity contribution is -0.133. The SMILES string of the molecule is CN=C/C(C#CC(=O)OC)=C\N. The molecular formula is C8H10N2O2. The monoisotopic (exact) mass is 166 g/mol. The molecule has 0 fully saturated rings. The summed E-state index contributed by atoms with van der Waals surface area (Å²) >= 11 is 0. The maximum absolute atomic E-state index is 10.5. The molecule has 0 aromatic carbocycles. The van der Waals surface area contributed by atoms with Gasteiger partial charge in [-0.2, -0.15) is 0 Å². The number of rotatable bonds is 1. The van der Waals surface area contributed by atoms with Gasteiger partial charge in [0.25, 0.3) is 0 Å². The topological polar surface area (TPSA) is 64.7 Å². The van der Waals surface area contributed by atoms with Crippen LogP contribution in [0.15, 0.2) is 16.8 Å². The second-order valence-electron chi connectivity index (χ2n) is 1.75. The van der Waals surface area contributed by atoms with E-state index in [9.17, 15) is 4.79 Å². The smallest absolute Gasteiger partial charge is 0.384 e. The van der Waals surface area contributed by atoms with Crippen LogP contribution in [0.25, 0.3) is 0 Å². The Kier molecular flexibility index (Phi) is 5.11. The molecule has 0 saturated heterocycles. The first-order valence-electron chi connectivity index (χ1n) is 3.18. The van der Waals surface area contributed by atoms with Gasteiger partial charge in [-0.3, -0.25) is 4.99 Å². The fraction of sp³-hybridized carbons (Fsp3) is 0.250. The van der Waals surface area contributed by atoms with Gasteiger partial charge in [0.1, 0.15) is 0 Å². The molecule has 0 aromatic rings. The van der Waals surface area contributed by atoms with Gasteiger partial charge in [0.15, 0.2) is 0 Å². The summed E-state index contributed by atoms with van der Waals surface area (Å²) in [5.41, 5.74) is 5.65. The second-order valence-corrected chi connectivity index (χ2v) is 1.75. The molecule has 4 nitrogen and oxygen atoms in total. The molecule has 64 valence electrons. The summed E-state index contributed by atoms with van der Waals surface area (Å²) in [7, 11) is 2.85. The number of hydrogen-bond donors (Lipinski definition) is 1. The third kappa shape index (κ3) is 4.12. The van der Waals surface area contributed by atoms with E-state index < -0.39 is 5.97 Å². The fourth-order valence-corrected chi connectivity index (χ4v) is 0.430. The van der Waals surface area contributed by atoms with Crippen molar-refractivity contribution >= 4 is 12.2 Å². The van der Waals surface area contributed by atoms with E-state index in [1.807, 2.05) is 0 Å². The Morgan fingerprint density at radius 1 is 1.58 bits per heavy atom. The Bertz CT molecular complexity index is 269. The Hall–Kier alpha value is -1.76. The Labute approximate surface area is 71.1 Å². The lowest BCUT2D eigenvalue weighted by atomic mass is 10.3. The van der Waals surface area contributed by atoms with Gasteiger partial charge in [-0.05, 0) is 0 Å². The molecule has 0 aliphatic rings. The molecule has 0 bridgehead atoms. The van der Waals surface area contributed by atoms with Crippen LogP contribution >= 0.6 is 0 Å². The van der Waals surface area contributed by atoms with Crippen molar-refractivity contribution in [3.8, 4) is 11.8 Å². The lowest BCUT2D eigenvalue weighted by Crippen LogP contribution is -1.95. The van der Waals surface area contributed by atoms with Crippen LogP contribution in [0.1, 0.15) is 0 Å². The second kappa shape index (κ2) is 5.98. The van der Waals surface area contributed by atoms with Crippen molar-refractivity contribution in [2.75, 3.05) is 14.2 Å². The first-order chi connectivity index (χ1) is 5.74. The van der Waals surface area contributed by atoms with Gasteiger partial charge in [-0.25, -0.2) is 4.79 Å². The number of carbonyl (C=O) groups excluding carboxylic acids is 1. The number of hydrogen-bond acceptors (Lipinski definition) is 4. The van der Waals surface area contributed by atoms with Gasteiger partial charge in [0, 0.05) is 25.4 Å². The van der Waals surface area contributed by atoms with Crippen molar-refractivity contribution in [3.05, 3.63) is 11.8 Å². The Balaban J connectivity index is 4.36. The number of allylic oxidation sites excluding steroid dienone is 1. The lowest BCUT2D eigenvalue weighted by Gasteiger charge is -1.86. The number of esters is 1.